The van der Waals surface area contributed by atoms with Gasteiger partial charge in [0.25, 0.3) is 0 Å². The van der Waals surface area contributed by atoms with Crippen molar-refractivity contribution < 1.29 is 0 Å². The number of thiazole rings is 1. The van der Waals surface area contributed by atoms with Gasteiger partial charge in [-0.2, -0.15) is 0 Å². The fourth-order valence-corrected chi connectivity index (χ4v) is 4.04. The maximum absolute atomic E-state index is 4.70. The molecule has 2 aromatic carbocycles. The summed E-state index contributed by atoms with van der Waals surface area (Å²) in [6.07, 6.45) is 0. The van der Waals surface area contributed by atoms with Crippen molar-refractivity contribution in [1.82, 2.24) is 4.98 Å². The van der Waals surface area contributed by atoms with Crippen molar-refractivity contribution in [2.45, 2.75) is 20.8 Å². The minimum Gasteiger partial charge on any atom is -0.330 e. The summed E-state index contributed by atoms with van der Waals surface area (Å²) in [7, 11) is 0. The van der Waals surface area contributed by atoms with E-state index in [2.05, 4.69) is 72.3 Å². The largest absolute Gasteiger partial charge is 0.330 e. The van der Waals surface area contributed by atoms with Crippen LogP contribution < -0.4 is 5.32 Å². The van der Waals surface area contributed by atoms with Crippen LogP contribution in [0.1, 0.15) is 16.7 Å². The van der Waals surface area contributed by atoms with Crippen LogP contribution in [0.15, 0.2) is 34.8 Å². The lowest BCUT2D eigenvalue weighted by Gasteiger charge is -2.10. The quantitative estimate of drug-likeness (QED) is 0.641. The molecule has 1 heterocycles. The number of aromatic nitrogens is 1. The van der Waals surface area contributed by atoms with Gasteiger partial charge in [0, 0.05) is 4.47 Å². The van der Waals surface area contributed by atoms with Crippen LogP contribution in [0.2, 0.25) is 0 Å². The zero-order valence-corrected chi connectivity index (χ0v) is 14.0. The van der Waals surface area contributed by atoms with Gasteiger partial charge in [-0.3, -0.25) is 0 Å². The molecule has 0 aliphatic rings. The van der Waals surface area contributed by atoms with E-state index < -0.39 is 0 Å². The Bertz CT molecular complexity index is 769. The number of benzene rings is 2. The van der Waals surface area contributed by atoms with Crippen molar-refractivity contribution in [2.24, 2.45) is 0 Å². The van der Waals surface area contributed by atoms with Crippen LogP contribution >= 0.6 is 27.3 Å². The summed E-state index contributed by atoms with van der Waals surface area (Å²) in [4.78, 5) is 4.70. The Labute approximate surface area is 131 Å². The van der Waals surface area contributed by atoms with Crippen molar-refractivity contribution in [1.29, 1.82) is 0 Å². The highest BCUT2D eigenvalue weighted by molar-refractivity contribution is 9.10. The number of nitrogens with zero attached hydrogens (tertiary/aromatic N) is 1. The second-order valence-electron chi connectivity index (χ2n) is 5.00. The monoisotopic (exact) mass is 346 g/mol. The van der Waals surface area contributed by atoms with E-state index in [-0.39, 0.29) is 0 Å². The highest BCUT2D eigenvalue weighted by Gasteiger charge is 2.09. The number of rotatable bonds is 2. The summed E-state index contributed by atoms with van der Waals surface area (Å²) in [5, 5.41) is 4.38. The normalized spacial score (nSPS) is 11.0. The van der Waals surface area contributed by atoms with Crippen LogP contribution in [0, 0.1) is 20.8 Å². The lowest BCUT2D eigenvalue weighted by Crippen LogP contribution is -1.94. The van der Waals surface area contributed by atoms with E-state index in [4.69, 9.17) is 4.98 Å². The van der Waals surface area contributed by atoms with Crippen molar-refractivity contribution in [3.05, 3.63) is 51.5 Å². The zero-order valence-electron chi connectivity index (χ0n) is 11.6. The molecule has 0 atom stereocenters. The minimum atomic E-state index is 0.932. The molecule has 2 nitrogen and oxygen atoms in total. The third kappa shape index (κ3) is 2.45. The van der Waals surface area contributed by atoms with Gasteiger partial charge < -0.3 is 5.32 Å². The first-order chi connectivity index (χ1) is 9.54. The molecule has 0 fully saturated rings. The number of nitrogens with one attached hydrogen (secondary N) is 1. The number of aryl methyl sites for hydroxylation is 3. The summed E-state index contributed by atoms with van der Waals surface area (Å²) >= 11 is 5.31. The maximum atomic E-state index is 4.70. The van der Waals surface area contributed by atoms with Crippen LogP contribution in [-0.4, -0.2) is 4.98 Å². The molecule has 0 radical (unpaired) electrons. The molecule has 0 aliphatic heterocycles. The van der Waals surface area contributed by atoms with Crippen molar-refractivity contribution >= 4 is 48.3 Å². The molecule has 0 spiro atoms. The predicted molar refractivity (Wildman–Crippen MR) is 91.3 cm³/mol. The highest BCUT2D eigenvalue weighted by atomic mass is 79.9. The molecule has 20 heavy (non-hydrogen) atoms. The number of hydrogen-bond acceptors (Lipinski definition) is 3. The van der Waals surface area contributed by atoms with Crippen LogP contribution in [0.3, 0.4) is 0 Å². The summed E-state index contributed by atoms with van der Waals surface area (Å²) in [5.41, 5.74) is 5.85. The first-order valence-corrected chi connectivity index (χ1v) is 8.05. The Morgan fingerprint density at radius 1 is 1.10 bits per heavy atom. The van der Waals surface area contributed by atoms with Crippen LogP contribution in [0.4, 0.5) is 10.8 Å². The molecule has 0 bridgehead atoms. The van der Waals surface area contributed by atoms with Crippen molar-refractivity contribution in [3.63, 3.8) is 0 Å². The molecule has 3 rings (SSSR count). The Hall–Kier alpha value is -1.39. The van der Waals surface area contributed by atoms with Crippen LogP contribution in [0.5, 0.6) is 0 Å². The fraction of sp³-hybridized carbons (Fsp3) is 0.188. The van der Waals surface area contributed by atoms with E-state index in [9.17, 15) is 0 Å². The van der Waals surface area contributed by atoms with Crippen molar-refractivity contribution in [2.75, 3.05) is 5.32 Å². The van der Waals surface area contributed by atoms with E-state index in [0.717, 1.165) is 20.8 Å². The molecular weight excluding hydrogens is 332 g/mol. The Morgan fingerprint density at radius 2 is 1.90 bits per heavy atom. The van der Waals surface area contributed by atoms with Gasteiger partial charge in [0.05, 0.1) is 15.9 Å². The molecule has 102 valence electrons. The van der Waals surface area contributed by atoms with E-state index >= 15 is 0 Å². The molecule has 4 heteroatoms. The topological polar surface area (TPSA) is 24.9 Å². The second kappa shape index (κ2) is 5.19. The van der Waals surface area contributed by atoms with Gasteiger partial charge in [-0.05, 0) is 65.5 Å². The highest BCUT2D eigenvalue weighted by Crippen LogP contribution is 2.34. The van der Waals surface area contributed by atoms with Gasteiger partial charge in [-0.1, -0.05) is 29.5 Å². The zero-order chi connectivity index (χ0) is 14.3. The Kier molecular flexibility index (Phi) is 3.52. The first-order valence-electron chi connectivity index (χ1n) is 6.44. The summed E-state index contributed by atoms with van der Waals surface area (Å²) < 4.78 is 2.29. The Balaban J connectivity index is 2.04. The van der Waals surface area contributed by atoms with Gasteiger partial charge in [-0.15, -0.1) is 0 Å². The summed E-state index contributed by atoms with van der Waals surface area (Å²) in [5.74, 6) is 0. The lowest BCUT2D eigenvalue weighted by molar-refractivity contribution is 1.33. The fourth-order valence-electron chi connectivity index (χ4n) is 2.32. The standard InChI is InChI=1S/C16H15BrN2S/c1-9-7-11(3)14(12(17)8-9)18-16-19-15-10(2)5-4-6-13(15)20-16/h4-8H,1-3H3,(H,18,19). The molecule has 0 aliphatic carbocycles. The van der Waals surface area contributed by atoms with Crippen LogP contribution in [-0.2, 0) is 0 Å². The Morgan fingerprint density at radius 3 is 2.60 bits per heavy atom. The predicted octanol–water partition coefficient (Wildman–Crippen LogP) is 5.73. The molecule has 1 aromatic heterocycles. The molecule has 0 unspecified atom stereocenters. The molecule has 0 saturated carbocycles. The van der Waals surface area contributed by atoms with Gasteiger partial charge in [0.1, 0.15) is 0 Å². The number of anilines is 2. The van der Waals surface area contributed by atoms with Crippen LogP contribution in [0.25, 0.3) is 10.2 Å². The van der Waals surface area contributed by atoms with Gasteiger partial charge in [0.2, 0.25) is 0 Å². The maximum Gasteiger partial charge on any atom is 0.188 e. The second-order valence-corrected chi connectivity index (χ2v) is 6.89. The number of halogens is 1. The minimum absolute atomic E-state index is 0.932. The number of fused-ring (bicyclic) bond motifs is 1. The average Bonchev–Trinajstić information content (AvgIpc) is 2.78. The summed E-state index contributed by atoms with van der Waals surface area (Å²) in [6, 6.07) is 10.6. The summed E-state index contributed by atoms with van der Waals surface area (Å²) in [6.45, 7) is 6.31. The SMILES string of the molecule is Cc1cc(C)c(Nc2nc3c(C)cccc3s2)c(Br)c1. The average molecular weight is 347 g/mol. The smallest absolute Gasteiger partial charge is 0.188 e. The first kappa shape index (κ1) is 13.6. The van der Waals surface area contributed by atoms with Gasteiger partial charge in [0.15, 0.2) is 5.13 Å². The van der Waals surface area contributed by atoms with E-state index in [1.165, 1.54) is 21.4 Å². The lowest BCUT2D eigenvalue weighted by atomic mass is 10.1. The molecule has 3 aromatic rings. The molecule has 0 saturated heterocycles. The third-order valence-corrected chi connectivity index (χ3v) is 4.85. The molecule has 0 amide bonds. The molecule has 1 N–H and O–H groups in total. The molecular formula is C16H15BrN2S. The van der Waals surface area contributed by atoms with E-state index in [0.29, 0.717) is 0 Å². The third-order valence-electron chi connectivity index (χ3n) is 3.28. The van der Waals surface area contributed by atoms with Gasteiger partial charge >= 0.3 is 0 Å². The van der Waals surface area contributed by atoms with Gasteiger partial charge in [-0.25, -0.2) is 4.98 Å². The number of para-hydroxylation sites is 1. The van der Waals surface area contributed by atoms with Crippen molar-refractivity contribution in [3.8, 4) is 0 Å². The number of hydrogen-bond donors (Lipinski definition) is 1. The van der Waals surface area contributed by atoms with E-state index in [1.54, 1.807) is 11.3 Å². The van der Waals surface area contributed by atoms with E-state index in [1.807, 2.05) is 0 Å².